The van der Waals surface area contributed by atoms with Crippen LogP contribution in [0, 0.1) is 11.8 Å². The highest BCUT2D eigenvalue weighted by Crippen LogP contribution is 2.65. The molecule has 4 aliphatic rings. The lowest BCUT2D eigenvalue weighted by molar-refractivity contribution is -0.143. The molecule has 4 heterocycles. The third-order valence-corrected chi connectivity index (χ3v) is 10.5. The van der Waals surface area contributed by atoms with Gasteiger partial charge in [0, 0.05) is 43.2 Å². The number of carbonyl (C=O) groups is 3. The standard InChI is InChI=1S/C32H35N3O4S/c1-31-16-10-20-34(24-14-6-3-7-15-24)28(37)25(31)26-29(38)35(19-8-9-21-36)27-30(39)33(18-11-17-32(26,27)40-31)22-23-12-4-2-5-13-23/h2-7,10-17,25-27,36H,8-9,18-22H2,1H3/t25-,26-,27?,31+,32-/m0/s1. The Hall–Kier alpha value is -3.36. The molecule has 3 amide bonds. The number of benzene rings is 2. The number of anilines is 1. The van der Waals surface area contributed by atoms with Crippen LogP contribution in [0.1, 0.15) is 25.3 Å². The van der Waals surface area contributed by atoms with E-state index in [1.807, 2.05) is 84.6 Å². The van der Waals surface area contributed by atoms with Gasteiger partial charge in [-0.3, -0.25) is 14.4 Å². The van der Waals surface area contributed by atoms with Crippen molar-refractivity contribution in [2.75, 3.05) is 31.1 Å². The highest BCUT2D eigenvalue weighted by Gasteiger charge is 2.73. The van der Waals surface area contributed by atoms with E-state index in [-0.39, 0.29) is 24.3 Å². The number of fused-ring (bicyclic) bond motifs is 2. The van der Waals surface area contributed by atoms with E-state index >= 15 is 0 Å². The zero-order chi connectivity index (χ0) is 27.9. The Morgan fingerprint density at radius 1 is 0.850 bits per heavy atom. The number of hydrogen-bond acceptors (Lipinski definition) is 5. The number of amides is 3. The zero-order valence-electron chi connectivity index (χ0n) is 22.7. The molecule has 8 heteroatoms. The molecule has 2 saturated heterocycles. The van der Waals surface area contributed by atoms with Gasteiger partial charge in [0.05, 0.1) is 16.6 Å². The fraction of sp³-hybridized carbons (Fsp3) is 0.406. The van der Waals surface area contributed by atoms with Gasteiger partial charge in [0.1, 0.15) is 6.04 Å². The highest BCUT2D eigenvalue weighted by molar-refractivity contribution is 8.02. The average Bonchev–Trinajstić information content (AvgIpc) is 3.23. The molecule has 2 fully saturated rings. The van der Waals surface area contributed by atoms with Gasteiger partial charge in [0.25, 0.3) is 0 Å². The van der Waals surface area contributed by atoms with E-state index in [2.05, 4.69) is 12.2 Å². The number of aliphatic hydroxyl groups is 1. The van der Waals surface area contributed by atoms with E-state index in [1.54, 1.807) is 21.6 Å². The summed E-state index contributed by atoms with van der Waals surface area (Å²) in [5.41, 5.74) is 1.83. The number of thioether (sulfide) groups is 1. The predicted octanol–water partition coefficient (Wildman–Crippen LogP) is 3.65. The molecule has 40 heavy (non-hydrogen) atoms. The van der Waals surface area contributed by atoms with Crippen molar-refractivity contribution >= 4 is 35.2 Å². The second-order valence-electron chi connectivity index (χ2n) is 11.3. The number of para-hydroxylation sites is 1. The van der Waals surface area contributed by atoms with E-state index in [1.165, 1.54) is 0 Å². The van der Waals surface area contributed by atoms with E-state index in [9.17, 15) is 19.5 Å². The van der Waals surface area contributed by atoms with E-state index in [0.717, 1.165) is 11.3 Å². The largest absolute Gasteiger partial charge is 0.396 e. The SMILES string of the molecule is C[C@@]12C=CCN(c3ccccc3)C(=O)[C@@H]1[C@H]1C(=O)N(CCCCO)C3C(=O)N(Cc4ccccc4)CC=C[C@@]31S2. The molecule has 5 atom stereocenters. The molecule has 7 nitrogen and oxygen atoms in total. The zero-order valence-corrected chi connectivity index (χ0v) is 23.5. The van der Waals surface area contributed by atoms with Gasteiger partial charge in [-0.1, -0.05) is 72.8 Å². The highest BCUT2D eigenvalue weighted by atomic mass is 32.2. The number of rotatable bonds is 7. The summed E-state index contributed by atoms with van der Waals surface area (Å²) in [7, 11) is 0. The van der Waals surface area contributed by atoms with Crippen molar-refractivity contribution in [2.45, 2.75) is 41.8 Å². The third kappa shape index (κ3) is 4.29. The summed E-state index contributed by atoms with van der Waals surface area (Å²) >= 11 is 1.60. The summed E-state index contributed by atoms with van der Waals surface area (Å²) in [4.78, 5) is 48.5. The van der Waals surface area contributed by atoms with Crippen LogP contribution >= 0.6 is 11.8 Å². The summed E-state index contributed by atoms with van der Waals surface area (Å²) in [5, 5.41) is 9.44. The summed E-state index contributed by atoms with van der Waals surface area (Å²) in [6, 6.07) is 18.8. The molecule has 0 aliphatic carbocycles. The van der Waals surface area contributed by atoms with Crippen molar-refractivity contribution in [3.05, 3.63) is 90.5 Å². The maximum atomic E-state index is 14.4. The van der Waals surface area contributed by atoms with Crippen LogP contribution in [-0.4, -0.2) is 74.4 Å². The van der Waals surface area contributed by atoms with Gasteiger partial charge in [-0.2, -0.15) is 0 Å². The Morgan fingerprint density at radius 3 is 2.27 bits per heavy atom. The number of hydrogen-bond donors (Lipinski definition) is 1. The first-order valence-corrected chi connectivity index (χ1v) is 14.9. The first-order valence-electron chi connectivity index (χ1n) is 14.1. The minimum Gasteiger partial charge on any atom is -0.396 e. The average molecular weight is 558 g/mol. The Labute approximate surface area is 239 Å². The maximum absolute atomic E-state index is 14.4. The lowest BCUT2D eigenvalue weighted by atomic mass is 9.74. The third-order valence-electron chi connectivity index (χ3n) is 8.73. The van der Waals surface area contributed by atoms with Gasteiger partial charge in [-0.25, -0.2) is 0 Å². The van der Waals surface area contributed by atoms with Gasteiger partial charge >= 0.3 is 0 Å². The van der Waals surface area contributed by atoms with Crippen LogP contribution in [0.15, 0.2) is 85.0 Å². The second kappa shape index (κ2) is 10.6. The fourth-order valence-corrected chi connectivity index (χ4v) is 9.15. The Morgan fingerprint density at radius 2 is 1.55 bits per heavy atom. The first-order chi connectivity index (χ1) is 19.4. The van der Waals surface area contributed by atoms with Crippen LogP contribution in [-0.2, 0) is 20.9 Å². The molecule has 1 unspecified atom stereocenters. The topological polar surface area (TPSA) is 81.2 Å². The van der Waals surface area contributed by atoms with E-state index in [4.69, 9.17) is 0 Å². The quantitative estimate of drug-likeness (QED) is 0.415. The molecular weight excluding hydrogens is 522 g/mol. The Bertz CT molecular complexity index is 1350. The lowest BCUT2D eigenvalue weighted by Gasteiger charge is -2.37. The number of unbranched alkanes of at least 4 members (excludes halogenated alkanes) is 1. The van der Waals surface area contributed by atoms with E-state index in [0.29, 0.717) is 39.0 Å². The number of likely N-dealkylation sites (tertiary alicyclic amines) is 1. The molecule has 2 aromatic rings. The van der Waals surface area contributed by atoms with Crippen molar-refractivity contribution in [3.8, 4) is 0 Å². The van der Waals surface area contributed by atoms with Crippen molar-refractivity contribution in [1.29, 1.82) is 0 Å². The van der Waals surface area contributed by atoms with Gasteiger partial charge in [0.15, 0.2) is 0 Å². The molecule has 0 bridgehead atoms. The first kappa shape index (κ1) is 26.8. The van der Waals surface area contributed by atoms with E-state index < -0.39 is 27.4 Å². The van der Waals surface area contributed by atoms with Gasteiger partial charge in [-0.15, -0.1) is 11.8 Å². The monoisotopic (exact) mass is 557 g/mol. The molecule has 0 saturated carbocycles. The van der Waals surface area contributed by atoms with Crippen molar-refractivity contribution < 1.29 is 19.5 Å². The summed E-state index contributed by atoms with van der Waals surface area (Å²) in [5.74, 6) is -1.59. The number of aliphatic hydroxyl groups excluding tert-OH is 1. The van der Waals surface area contributed by atoms with Crippen LogP contribution in [0.4, 0.5) is 5.69 Å². The molecular formula is C32H35N3O4S. The normalized spacial score (nSPS) is 31.2. The Kier molecular flexibility index (Phi) is 7.09. The van der Waals surface area contributed by atoms with Crippen LogP contribution in [0.5, 0.6) is 0 Å². The van der Waals surface area contributed by atoms with Crippen LogP contribution in [0.25, 0.3) is 0 Å². The Balaban J connectivity index is 1.42. The van der Waals surface area contributed by atoms with Gasteiger partial charge < -0.3 is 19.8 Å². The van der Waals surface area contributed by atoms with Crippen molar-refractivity contribution in [1.82, 2.24) is 9.80 Å². The second-order valence-corrected chi connectivity index (χ2v) is 13.0. The lowest BCUT2D eigenvalue weighted by Crippen LogP contribution is -2.53. The molecule has 0 radical (unpaired) electrons. The predicted molar refractivity (Wildman–Crippen MR) is 156 cm³/mol. The molecule has 1 spiro atoms. The summed E-state index contributed by atoms with van der Waals surface area (Å²) < 4.78 is -1.51. The number of carbonyl (C=O) groups excluding carboxylic acids is 3. The van der Waals surface area contributed by atoms with Crippen LogP contribution < -0.4 is 4.90 Å². The summed E-state index contributed by atoms with van der Waals surface area (Å²) in [6.45, 7) is 3.78. The van der Waals surface area contributed by atoms with Crippen molar-refractivity contribution in [2.24, 2.45) is 11.8 Å². The summed E-state index contributed by atoms with van der Waals surface area (Å²) in [6.07, 6.45) is 9.33. The minimum atomic E-state index is -0.863. The smallest absolute Gasteiger partial charge is 0.247 e. The molecule has 1 N–H and O–H groups in total. The van der Waals surface area contributed by atoms with Crippen molar-refractivity contribution in [3.63, 3.8) is 0 Å². The van der Waals surface area contributed by atoms with Crippen LogP contribution in [0.3, 0.4) is 0 Å². The maximum Gasteiger partial charge on any atom is 0.247 e. The molecule has 6 rings (SSSR count). The molecule has 208 valence electrons. The minimum absolute atomic E-state index is 0.0278. The van der Waals surface area contributed by atoms with Gasteiger partial charge in [-0.05, 0) is 37.5 Å². The molecule has 0 aromatic heterocycles. The van der Waals surface area contributed by atoms with Gasteiger partial charge in [0.2, 0.25) is 17.7 Å². The van der Waals surface area contributed by atoms with Crippen LogP contribution in [0.2, 0.25) is 0 Å². The number of nitrogens with zero attached hydrogens (tertiary/aromatic N) is 3. The molecule has 4 aliphatic heterocycles. The molecule has 2 aromatic carbocycles. The fourth-order valence-electron chi connectivity index (χ4n) is 6.99.